The normalized spacial score (nSPS) is 11.2. The molecule has 0 aliphatic carbocycles. The quantitative estimate of drug-likeness (QED) is 0.391. The average Bonchev–Trinajstić information content (AvgIpc) is 3.41. The zero-order valence-electron chi connectivity index (χ0n) is 16.9. The highest BCUT2D eigenvalue weighted by Crippen LogP contribution is 2.34. The SMILES string of the molecule is COc1cccc(-c2cc(-n3cccc3)nc3c(-c4ccc(F)cc4F)c(C)nn23)c1. The molecular formula is C24H18F2N4O. The van der Waals surface area contributed by atoms with Gasteiger partial charge in [-0.05, 0) is 43.3 Å². The summed E-state index contributed by atoms with van der Waals surface area (Å²) in [5, 5.41) is 4.65. The van der Waals surface area contributed by atoms with E-state index in [1.165, 1.54) is 12.1 Å². The van der Waals surface area contributed by atoms with Gasteiger partial charge in [0.15, 0.2) is 5.65 Å². The fourth-order valence-corrected chi connectivity index (χ4v) is 3.73. The molecule has 0 amide bonds. The van der Waals surface area contributed by atoms with Crippen molar-refractivity contribution in [2.45, 2.75) is 6.92 Å². The third-order valence-electron chi connectivity index (χ3n) is 5.19. The molecule has 2 aromatic carbocycles. The summed E-state index contributed by atoms with van der Waals surface area (Å²) < 4.78 is 37.2. The molecule has 154 valence electrons. The van der Waals surface area contributed by atoms with Crippen molar-refractivity contribution in [1.29, 1.82) is 0 Å². The number of benzene rings is 2. The van der Waals surface area contributed by atoms with E-state index in [0.29, 0.717) is 28.5 Å². The maximum atomic E-state index is 14.7. The van der Waals surface area contributed by atoms with E-state index in [4.69, 9.17) is 9.72 Å². The molecule has 31 heavy (non-hydrogen) atoms. The molecule has 0 atom stereocenters. The van der Waals surface area contributed by atoms with Gasteiger partial charge in [-0.3, -0.25) is 0 Å². The minimum Gasteiger partial charge on any atom is -0.497 e. The van der Waals surface area contributed by atoms with Crippen LogP contribution >= 0.6 is 0 Å². The standard InChI is InChI=1S/C24H18F2N4O/c1-15-23(19-9-8-17(25)13-20(19)26)24-27-22(29-10-3-4-11-29)14-21(30(24)28-15)16-6-5-7-18(12-16)31-2/h3-14H,1-2H3. The number of halogens is 2. The Hall–Kier alpha value is -4.00. The van der Waals surface area contributed by atoms with E-state index < -0.39 is 11.6 Å². The molecule has 5 nitrogen and oxygen atoms in total. The van der Waals surface area contributed by atoms with Crippen molar-refractivity contribution in [3.8, 4) is 34.0 Å². The highest BCUT2D eigenvalue weighted by molar-refractivity contribution is 5.82. The van der Waals surface area contributed by atoms with Gasteiger partial charge in [-0.15, -0.1) is 0 Å². The molecule has 0 aliphatic rings. The Labute approximate surface area is 177 Å². The van der Waals surface area contributed by atoms with Crippen LogP contribution in [0.25, 0.3) is 33.8 Å². The van der Waals surface area contributed by atoms with Crippen LogP contribution in [0.2, 0.25) is 0 Å². The molecule has 0 saturated heterocycles. The van der Waals surface area contributed by atoms with Gasteiger partial charge in [0.25, 0.3) is 0 Å². The summed E-state index contributed by atoms with van der Waals surface area (Å²) >= 11 is 0. The van der Waals surface area contributed by atoms with Crippen molar-refractivity contribution in [1.82, 2.24) is 19.2 Å². The maximum Gasteiger partial charge on any atom is 0.166 e. The predicted octanol–water partition coefficient (Wildman–Crippen LogP) is 5.45. The van der Waals surface area contributed by atoms with Crippen LogP contribution in [0.5, 0.6) is 5.75 Å². The van der Waals surface area contributed by atoms with E-state index in [9.17, 15) is 8.78 Å². The Morgan fingerprint density at radius 3 is 2.48 bits per heavy atom. The van der Waals surface area contributed by atoms with Gasteiger partial charge >= 0.3 is 0 Å². The highest BCUT2D eigenvalue weighted by Gasteiger charge is 2.20. The van der Waals surface area contributed by atoms with Gasteiger partial charge in [0.1, 0.15) is 23.2 Å². The van der Waals surface area contributed by atoms with Gasteiger partial charge in [0.2, 0.25) is 0 Å². The lowest BCUT2D eigenvalue weighted by atomic mass is 10.1. The summed E-state index contributed by atoms with van der Waals surface area (Å²) in [5.41, 5.74) is 3.48. The molecule has 3 aromatic heterocycles. The largest absolute Gasteiger partial charge is 0.497 e. The number of methoxy groups -OCH3 is 1. The van der Waals surface area contributed by atoms with Gasteiger partial charge < -0.3 is 9.30 Å². The van der Waals surface area contributed by atoms with E-state index in [-0.39, 0.29) is 5.56 Å². The Morgan fingerprint density at radius 2 is 1.74 bits per heavy atom. The number of hydrogen-bond acceptors (Lipinski definition) is 3. The molecule has 0 N–H and O–H groups in total. The van der Waals surface area contributed by atoms with Gasteiger partial charge in [-0.1, -0.05) is 12.1 Å². The lowest BCUT2D eigenvalue weighted by molar-refractivity contribution is 0.415. The number of aryl methyl sites for hydroxylation is 1. The zero-order valence-corrected chi connectivity index (χ0v) is 16.9. The van der Waals surface area contributed by atoms with E-state index in [1.54, 1.807) is 18.5 Å². The van der Waals surface area contributed by atoms with Gasteiger partial charge in [-0.25, -0.2) is 18.3 Å². The second-order valence-electron chi connectivity index (χ2n) is 7.14. The smallest absolute Gasteiger partial charge is 0.166 e. The van der Waals surface area contributed by atoms with Gasteiger partial charge in [0.05, 0.1) is 24.1 Å². The summed E-state index contributed by atoms with van der Waals surface area (Å²) in [4.78, 5) is 4.78. The van der Waals surface area contributed by atoms with Crippen LogP contribution in [-0.2, 0) is 0 Å². The van der Waals surface area contributed by atoms with Crippen molar-refractivity contribution >= 4 is 5.65 Å². The predicted molar refractivity (Wildman–Crippen MR) is 114 cm³/mol. The topological polar surface area (TPSA) is 44.3 Å². The first-order valence-corrected chi connectivity index (χ1v) is 9.69. The third-order valence-corrected chi connectivity index (χ3v) is 5.19. The summed E-state index contributed by atoms with van der Waals surface area (Å²) in [6, 6.07) is 16.9. The summed E-state index contributed by atoms with van der Waals surface area (Å²) in [5.74, 6) is 0.0696. The molecule has 0 bridgehead atoms. The zero-order chi connectivity index (χ0) is 21.5. The van der Waals surface area contributed by atoms with Gasteiger partial charge in [0, 0.05) is 35.7 Å². The number of nitrogens with zero attached hydrogens (tertiary/aromatic N) is 4. The van der Waals surface area contributed by atoms with Crippen molar-refractivity contribution < 1.29 is 13.5 Å². The van der Waals surface area contributed by atoms with Crippen LogP contribution < -0.4 is 4.74 Å². The lowest BCUT2D eigenvalue weighted by Gasteiger charge is -2.11. The number of fused-ring (bicyclic) bond motifs is 1. The minimum absolute atomic E-state index is 0.252. The summed E-state index contributed by atoms with van der Waals surface area (Å²) in [6.45, 7) is 1.79. The van der Waals surface area contributed by atoms with Crippen molar-refractivity contribution in [3.05, 3.63) is 90.4 Å². The summed E-state index contributed by atoms with van der Waals surface area (Å²) in [6.07, 6.45) is 3.77. The van der Waals surface area contributed by atoms with E-state index in [2.05, 4.69) is 5.10 Å². The number of aromatic nitrogens is 4. The summed E-state index contributed by atoms with van der Waals surface area (Å²) in [7, 11) is 1.61. The molecule has 0 radical (unpaired) electrons. The number of rotatable bonds is 4. The molecular weight excluding hydrogens is 398 g/mol. The third kappa shape index (κ3) is 3.24. The highest BCUT2D eigenvalue weighted by atomic mass is 19.1. The average molecular weight is 416 g/mol. The molecule has 0 saturated carbocycles. The minimum atomic E-state index is -0.658. The number of hydrogen-bond donors (Lipinski definition) is 0. The Balaban J connectivity index is 1.85. The first-order valence-electron chi connectivity index (χ1n) is 9.69. The molecule has 0 aliphatic heterocycles. The number of ether oxygens (including phenoxy) is 1. The lowest BCUT2D eigenvalue weighted by Crippen LogP contribution is -2.03. The van der Waals surface area contributed by atoms with Crippen LogP contribution in [-0.4, -0.2) is 26.3 Å². The van der Waals surface area contributed by atoms with E-state index >= 15 is 0 Å². The van der Waals surface area contributed by atoms with Crippen LogP contribution in [0.15, 0.2) is 73.1 Å². The van der Waals surface area contributed by atoms with Crippen LogP contribution in [0.3, 0.4) is 0 Å². The van der Waals surface area contributed by atoms with Crippen LogP contribution in [0.4, 0.5) is 8.78 Å². The first kappa shape index (κ1) is 19.0. The van der Waals surface area contributed by atoms with E-state index in [1.807, 2.05) is 59.4 Å². The van der Waals surface area contributed by atoms with Crippen molar-refractivity contribution in [2.24, 2.45) is 0 Å². The molecule has 5 aromatic rings. The molecule has 5 rings (SSSR count). The molecule has 3 heterocycles. The molecule has 0 spiro atoms. The van der Waals surface area contributed by atoms with Gasteiger partial charge in [-0.2, -0.15) is 5.10 Å². The second-order valence-corrected chi connectivity index (χ2v) is 7.14. The Kier molecular flexibility index (Phi) is 4.51. The fraction of sp³-hybridized carbons (Fsp3) is 0.0833. The molecule has 0 unspecified atom stereocenters. The molecule has 0 fully saturated rings. The Morgan fingerprint density at radius 1 is 0.935 bits per heavy atom. The maximum absolute atomic E-state index is 14.7. The monoisotopic (exact) mass is 416 g/mol. The first-order chi connectivity index (χ1) is 15.0. The second kappa shape index (κ2) is 7.36. The van der Waals surface area contributed by atoms with Crippen molar-refractivity contribution in [2.75, 3.05) is 7.11 Å². The van der Waals surface area contributed by atoms with Crippen molar-refractivity contribution in [3.63, 3.8) is 0 Å². The van der Waals surface area contributed by atoms with Crippen LogP contribution in [0, 0.1) is 18.6 Å². The Bertz CT molecular complexity index is 1410. The molecule has 7 heteroatoms. The fourth-order valence-electron chi connectivity index (χ4n) is 3.73. The van der Waals surface area contributed by atoms with E-state index in [0.717, 1.165) is 17.3 Å². The van der Waals surface area contributed by atoms with Crippen LogP contribution in [0.1, 0.15) is 5.69 Å².